The van der Waals surface area contributed by atoms with Gasteiger partial charge in [-0.1, -0.05) is 0 Å². The lowest BCUT2D eigenvalue weighted by Gasteiger charge is -2.31. The fraction of sp³-hybridized carbons (Fsp3) is 0.533. The van der Waals surface area contributed by atoms with Crippen LogP contribution in [0.15, 0.2) is 16.6 Å². The predicted molar refractivity (Wildman–Crippen MR) is 77.2 cm³/mol. The first-order chi connectivity index (χ1) is 9.24. The van der Waals surface area contributed by atoms with Crippen LogP contribution in [0.5, 0.6) is 0 Å². The molecule has 1 aliphatic rings. The van der Waals surface area contributed by atoms with Gasteiger partial charge in [-0.25, -0.2) is 8.78 Å². The smallest absolute Gasteiger partial charge is 0.140 e. The number of benzene rings is 1. The molecule has 0 aromatic heterocycles. The van der Waals surface area contributed by atoms with Crippen LogP contribution in [0, 0.1) is 28.9 Å². The Hall–Kier alpha value is -0.990. The summed E-state index contributed by atoms with van der Waals surface area (Å²) in [6, 6.07) is 4.61. The summed E-state index contributed by atoms with van der Waals surface area (Å²) in [6.07, 6.45) is 0. The Bertz CT molecular complexity index is 560. The standard InChI is InChI=1S/C15H17BrF2N2/c1-15(2,3)20-7-9(6-19)11(8-20)10-4-12(16)14(18)5-13(10)17/h4-5,9,11H,7-8H2,1-3H3/t9-,11-/m1/s1. The van der Waals surface area contributed by atoms with Crippen molar-refractivity contribution in [2.45, 2.75) is 32.2 Å². The van der Waals surface area contributed by atoms with Gasteiger partial charge in [-0.3, -0.25) is 4.90 Å². The first kappa shape index (κ1) is 15.4. The molecule has 0 bridgehead atoms. The fourth-order valence-corrected chi connectivity index (χ4v) is 2.98. The fourth-order valence-electron chi connectivity index (χ4n) is 2.62. The van der Waals surface area contributed by atoms with Crippen molar-refractivity contribution in [2.24, 2.45) is 5.92 Å². The molecule has 1 aromatic rings. The van der Waals surface area contributed by atoms with Gasteiger partial charge in [0.2, 0.25) is 0 Å². The second-order valence-electron chi connectivity index (χ2n) is 6.21. The second-order valence-corrected chi connectivity index (χ2v) is 7.06. The van der Waals surface area contributed by atoms with Crippen molar-refractivity contribution in [3.05, 3.63) is 33.8 Å². The monoisotopic (exact) mass is 342 g/mol. The molecule has 1 saturated heterocycles. The van der Waals surface area contributed by atoms with Crippen LogP contribution in [-0.2, 0) is 0 Å². The molecular weight excluding hydrogens is 326 g/mol. The number of hydrogen-bond donors (Lipinski definition) is 0. The van der Waals surface area contributed by atoms with E-state index in [1.807, 2.05) is 0 Å². The minimum Gasteiger partial charge on any atom is -0.297 e. The number of nitrogens with zero attached hydrogens (tertiary/aromatic N) is 2. The Morgan fingerprint density at radius 1 is 1.25 bits per heavy atom. The summed E-state index contributed by atoms with van der Waals surface area (Å²) < 4.78 is 27.6. The highest BCUT2D eigenvalue weighted by Gasteiger charge is 2.39. The Morgan fingerprint density at radius 3 is 2.45 bits per heavy atom. The molecule has 2 atom stereocenters. The van der Waals surface area contributed by atoms with Gasteiger partial charge in [0.15, 0.2) is 0 Å². The normalized spacial score (nSPS) is 23.9. The Balaban J connectivity index is 2.37. The Kier molecular flexibility index (Phi) is 4.17. The first-order valence-corrected chi connectivity index (χ1v) is 7.32. The number of likely N-dealkylation sites (tertiary alicyclic amines) is 1. The van der Waals surface area contributed by atoms with Gasteiger partial charge in [-0.15, -0.1) is 0 Å². The second kappa shape index (κ2) is 5.42. The van der Waals surface area contributed by atoms with Gasteiger partial charge in [0.05, 0.1) is 16.5 Å². The van der Waals surface area contributed by atoms with E-state index in [-0.39, 0.29) is 21.8 Å². The molecule has 1 fully saturated rings. The van der Waals surface area contributed by atoms with E-state index in [0.717, 1.165) is 6.07 Å². The van der Waals surface area contributed by atoms with Crippen LogP contribution in [0.4, 0.5) is 8.78 Å². The largest absolute Gasteiger partial charge is 0.297 e. The van der Waals surface area contributed by atoms with Crippen LogP contribution in [0.2, 0.25) is 0 Å². The van der Waals surface area contributed by atoms with E-state index in [2.05, 4.69) is 47.7 Å². The summed E-state index contributed by atoms with van der Waals surface area (Å²) in [5.41, 5.74) is 0.342. The van der Waals surface area contributed by atoms with E-state index >= 15 is 0 Å². The zero-order valence-electron chi connectivity index (χ0n) is 11.8. The van der Waals surface area contributed by atoms with Crippen molar-refractivity contribution < 1.29 is 8.78 Å². The van der Waals surface area contributed by atoms with Crippen molar-refractivity contribution in [3.8, 4) is 6.07 Å². The third-order valence-electron chi connectivity index (χ3n) is 3.87. The molecule has 5 heteroatoms. The minimum absolute atomic E-state index is 0.0718. The van der Waals surface area contributed by atoms with Gasteiger partial charge in [-0.2, -0.15) is 5.26 Å². The lowest BCUT2D eigenvalue weighted by atomic mass is 9.89. The van der Waals surface area contributed by atoms with Crippen molar-refractivity contribution in [1.29, 1.82) is 5.26 Å². The topological polar surface area (TPSA) is 27.0 Å². The molecule has 2 nitrogen and oxygen atoms in total. The van der Waals surface area contributed by atoms with Crippen molar-refractivity contribution in [1.82, 2.24) is 4.90 Å². The molecule has 1 heterocycles. The van der Waals surface area contributed by atoms with E-state index < -0.39 is 11.6 Å². The molecule has 0 saturated carbocycles. The van der Waals surface area contributed by atoms with Gasteiger partial charge in [-0.05, 0) is 48.3 Å². The molecule has 0 spiro atoms. The van der Waals surface area contributed by atoms with E-state index in [9.17, 15) is 14.0 Å². The summed E-state index contributed by atoms with van der Waals surface area (Å²) in [4.78, 5) is 2.17. The van der Waals surface area contributed by atoms with Crippen LogP contribution in [0.3, 0.4) is 0 Å². The van der Waals surface area contributed by atoms with Crippen molar-refractivity contribution in [2.75, 3.05) is 13.1 Å². The van der Waals surface area contributed by atoms with Crippen LogP contribution in [0.25, 0.3) is 0 Å². The minimum atomic E-state index is -0.620. The number of rotatable bonds is 1. The van der Waals surface area contributed by atoms with Crippen molar-refractivity contribution in [3.63, 3.8) is 0 Å². The van der Waals surface area contributed by atoms with E-state index in [0.29, 0.717) is 18.7 Å². The lowest BCUT2D eigenvalue weighted by molar-refractivity contribution is 0.170. The molecule has 0 unspecified atom stereocenters. The maximum atomic E-state index is 14.0. The Morgan fingerprint density at radius 2 is 1.90 bits per heavy atom. The molecule has 2 rings (SSSR count). The third-order valence-corrected chi connectivity index (χ3v) is 4.48. The molecule has 0 N–H and O–H groups in total. The highest BCUT2D eigenvalue weighted by Crippen LogP contribution is 2.38. The average molecular weight is 343 g/mol. The SMILES string of the molecule is CC(C)(C)N1C[C@@H](C#N)[C@H](c2cc(Br)c(F)cc2F)C1. The van der Waals surface area contributed by atoms with Gasteiger partial charge in [0.1, 0.15) is 11.6 Å². The number of nitriles is 1. The van der Waals surface area contributed by atoms with Crippen LogP contribution in [0.1, 0.15) is 32.3 Å². The summed E-state index contributed by atoms with van der Waals surface area (Å²) in [5, 5.41) is 9.31. The van der Waals surface area contributed by atoms with Crippen LogP contribution < -0.4 is 0 Å². The molecule has 20 heavy (non-hydrogen) atoms. The summed E-state index contributed by atoms with van der Waals surface area (Å²) in [5.74, 6) is -1.70. The number of halogens is 3. The maximum Gasteiger partial charge on any atom is 0.140 e. The quantitative estimate of drug-likeness (QED) is 0.719. The van der Waals surface area contributed by atoms with Crippen molar-refractivity contribution >= 4 is 15.9 Å². The molecular formula is C15H17BrF2N2. The maximum absolute atomic E-state index is 14.0. The van der Waals surface area contributed by atoms with Gasteiger partial charge < -0.3 is 0 Å². The number of hydrogen-bond acceptors (Lipinski definition) is 2. The predicted octanol–water partition coefficient (Wildman–Crippen LogP) is 4.06. The van der Waals surface area contributed by atoms with Gasteiger partial charge >= 0.3 is 0 Å². The van der Waals surface area contributed by atoms with Crippen LogP contribution >= 0.6 is 15.9 Å². The molecule has 0 radical (unpaired) electrons. The summed E-state index contributed by atoms with van der Waals surface area (Å²) in [6.45, 7) is 7.43. The average Bonchev–Trinajstić information content (AvgIpc) is 2.77. The van der Waals surface area contributed by atoms with Gasteiger partial charge in [0.25, 0.3) is 0 Å². The lowest BCUT2D eigenvalue weighted by Crippen LogP contribution is -2.39. The van der Waals surface area contributed by atoms with E-state index in [1.54, 1.807) is 0 Å². The summed E-state index contributed by atoms with van der Waals surface area (Å²) >= 11 is 3.09. The molecule has 1 aliphatic heterocycles. The van der Waals surface area contributed by atoms with E-state index in [1.165, 1.54) is 6.07 Å². The highest BCUT2D eigenvalue weighted by molar-refractivity contribution is 9.10. The molecule has 1 aromatic carbocycles. The summed E-state index contributed by atoms with van der Waals surface area (Å²) in [7, 11) is 0. The molecule has 0 aliphatic carbocycles. The van der Waals surface area contributed by atoms with E-state index in [4.69, 9.17) is 0 Å². The molecule has 0 amide bonds. The van der Waals surface area contributed by atoms with Crippen LogP contribution in [-0.4, -0.2) is 23.5 Å². The van der Waals surface area contributed by atoms with Gasteiger partial charge in [0, 0.05) is 30.6 Å². The zero-order chi connectivity index (χ0) is 15.1. The third kappa shape index (κ3) is 2.87. The Labute approximate surface area is 126 Å². The first-order valence-electron chi connectivity index (χ1n) is 6.53. The highest BCUT2D eigenvalue weighted by atomic mass is 79.9. The zero-order valence-corrected chi connectivity index (χ0v) is 13.3. The molecule has 108 valence electrons.